The van der Waals surface area contributed by atoms with E-state index in [0.717, 1.165) is 10.6 Å². The van der Waals surface area contributed by atoms with Crippen LogP contribution in [0.3, 0.4) is 0 Å². The molecule has 0 radical (unpaired) electrons. The fourth-order valence-electron chi connectivity index (χ4n) is 3.52. The minimum absolute atomic E-state index is 0.0899. The van der Waals surface area contributed by atoms with E-state index in [-0.39, 0.29) is 15.4 Å². The summed E-state index contributed by atoms with van der Waals surface area (Å²) in [6.07, 6.45) is 0. The maximum absolute atomic E-state index is 14.4. The number of thioether (sulfide) groups is 1. The Kier molecular flexibility index (Phi) is 4.25. The smallest absolute Gasteiger partial charge is 0.160 e. The van der Waals surface area contributed by atoms with Gasteiger partial charge in [-0.2, -0.15) is 0 Å². The molecule has 2 nitrogen and oxygen atoms in total. The molecule has 1 saturated heterocycles. The molecule has 0 spiro atoms. The Labute approximate surface area is 143 Å². The van der Waals surface area contributed by atoms with Gasteiger partial charge in [0.05, 0.1) is 10.7 Å². The van der Waals surface area contributed by atoms with E-state index in [0.29, 0.717) is 0 Å². The molecule has 2 aromatic carbocycles. The normalized spacial score (nSPS) is 22.9. The molecule has 23 heavy (non-hydrogen) atoms. The van der Waals surface area contributed by atoms with Crippen molar-refractivity contribution >= 4 is 29.5 Å². The van der Waals surface area contributed by atoms with Crippen molar-refractivity contribution in [3.05, 3.63) is 60.7 Å². The van der Waals surface area contributed by atoms with Crippen LogP contribution in [0.5, 0.6) is 0 Å². The Morgan fingerprint density at radius 2 is 1.30 bits per heavy atom. The maximum atomic E-state index is 14.4. The lowest BCUT2D eigenvalue weighted by Crippen LogP contribution is -2.45. The summed E-state index contributed by atoms with van der Waals surface area (Å²) >= 11 is 1.87. The van der Waals surface area contributed by atoms with Crippen LogP contribution in [0.4, 0.5) is 0 Å². The minimum Gasteiger partial charge on any atom is -0.312 e. The van der Waals surface area contributed by atoms with Crippen molar-refractivity contribution in [3.8, 4) is 0 Å². The number of hydrogen-bond acceptors (Lipinski definition) is 3. The van der Waals surface area contributed by atoms with Crippen LogP contribution in [0, 0.1) is 0 Å². The molecule has 1 aliphatic rings. The van der Waals surface area contributed by atoms with Gasteiger partial charge in [-0.15, -0.1) is 11.8 Å². The Morgan fingerprint density at radius 1 is 0.870 bits per heavy atom. The Hall–Kier alpha value is -1.02. The summed E-state index contributed by atoms with van der Waals surface area (Å²) in [7, 11) is -2.81. The van der Waals surface area contributed by atoms with Gasteiger partial charge in [-0.05, 0) is 27.7 Å². The van der Waals surface area contributed by atoms with Crippen molar-refractivity contribution in [1.82, 2.24) is 5.32 Å². The molecular formula is C19H24NOPS. The highest BCUT2D eigenvalue weighted by atomic mass is 32.2. The number of benzene rings is 2. The van der Waals surface area contributed by atoms with Gasteiger partial charge in [-0.25, -0.2) is 0 Å². The molecule has 3 rings (SSSR count). The van der Waals surface area contributed by atoms with Crippen LogP contribution in [0.1, 0.15) is 27.7 Å². The Bertz CT molecular complexity index is 684. The Morgan fingerprint density at radius 3 is 1.65 bits per heavy atom. The van der Waals surface area contributed by atoms with E-state index in [1.807, 2.05) is 72.4 Å². The zero-order chi connectivity index (χ0) is 16.7. The third-order valence-electron chi connectivity index (χ3n) is 4.30. The lowest BCUT2D eigenvalue weighted by atomic mass is 10.2. The maximum Gasteiger partial charge on any atom is 0.160 e. The van der Waals surface area contributed by atoms with Crippen molar-refractivity contribution in [2.75, 3.05) is 0 Å². The van der Waals surface area contributed by atoms with Gasteiger partial charge < -0.3 is 4.57 Å². The third-order valence-corrected chi connectivity index (χ3v) is 9.50. The molecule has 1 aliphatic heterocycles. The molecule has 0 aliphatic carbocycles. The molecular weight excluding hydrogens is 321 g/mol. The average Bonchev–Trinajstić information content (AvgIpc) is 2.76. The van der Waals surface area contributed by atoms with Crippen molar-refractivity contribution < 1.29 is 4.57 Å². The van der Waals surface area contributed by atoms with Crippen LogP contribution >= 0.6 is 18.9 Å². The molecule has 4 heteroatoms. The zero-order valence-electron chi connectivity index (χ0n) is 14.1. The summed E-state index contributed by atoms with van der Waals surface area (Å²) in [6.45, 7) is 8.73. The minimum atomic E-state index is -2.81. The molecule has 2 aromatic rings. The first kappa shape index (κ1) is 16.8. The lowest BCUT2D eigenvalue weighted by molar-refractivity contribution is 0.490. The Balaban J connectivity index is 2.20. The van der Waals surface area contributed by atoms with Gasteiger partial charge in [0, 0.05) is 15.4 Å². The third kappa shape index (κ3) is 3.03. The van der Waals surface area contributed by atoms with Gasteiger partial charge in [0.1, 0.15) is 0 Å². The highest BCUT2D eigenvalue weighted by molar-refractivity contribution is 8.03. The molecule has 0 unspecified atom stereocenters. The molecule has 122 valence electrons. The number of hydrogen-bond donors (Lipinski definition) is 1. The summed E-state index contributed by atoms with van der Waals surface area (Å²) in [4.78, 5) is -0.0899. The van der Waals surface area contributed by atoms with E-state index >= 15 is 0 Å². The highest BCUT2D eigenvalue weighted by Gasteiger charge is 2.54. The first-order valence-corrected chi connectivity index (χ1v) is 10.5. The molecule has 0 bridgehead atoms. The quantitative estimate of drug-likeness (QED) is 0.846. The van der Waals surface area contributed by atoms with Crippen molar-refractivity contribution in [2.24, 2.45) is 0 Å². The van der Waals surface area contributed by atoms with Gasteiger partial charge in [0.2, 0.25) is 0 Å². The van der Waals surface area contributed by atoms with Crippen LogP contribution in [0.25, 0.3) is 0 Å². The molecule has 0 saturated carbocycles. The number of nitrogens with one attached hydrogen (secondary N) is 1. The number of rotatable bonds is 3. The molecule has 1 atom stereocenters. The SMILES string of the molecule is CC1(C)N[C@@H](P(=O)(c2ccccc2)c2ccccc2)C(C)(C)S1. The van der Waals surface area contributed by atoms with Crippen molar-refractivity contribution in [1.29, 1.82) is 0 Å². The van der Waals surface area contributed by atoms with Gasteiger partial charge in [-0.1, -0.05) is 60.7 Å². The zero-order valence-corrected chi connectivity index (χ0v) is 15.8. The van der Waals surface area contributed by atoms with Gasteiger partial charge in [0.25, 0.3) is 0 Å². The van der Waals surface area contributed by atoms with Gasteiger partial charge >= 0.3 is 0 Å². The van der Waals surface area contributed by atoms with Crippen LogP contribution in [-0.4, -0.2) is 15.4 Å². The fraction of sp³-hybridized carbons (Fsp3) is 0.368. The summed E-state index contributed by atoms with van der Waals surface area (Å²) < 4.78 is 14.3. The van der Waals surface area contributed by atoms with E-state index in [1.165, 1.54) is 0 Å². The van der Waals surface area contributed by atoms with Crippen LogP contribution in [0.2, 0.25) is 0 Å². The van der Waals surface area contributed by atoms with E-state index < -0.39 is 7.14 Å². The largest absolute Gasteiger partial charge is 0.312 e. The van der Waals surface area contributed by atoms with Gasteiger partial charge in [-0.3, -0.25) is 5.32 Å². The predicted molar refractivity (Wildman–Crippen MR) is 102 cm³/mol. The molecule has 1 fully saturated rings. The summed E-state index contributed by atoms with van der Waals surface area (Å²) in [5.74, 6) is -0.0974. The van der Waals surface area contributed by atoms with E-state index in [4.69, 9.17) is 0 Å². The fourth-order valence-corrected chi connectivity index (χ4v) is 9.38. The van der Waals surface area contributed by atoms with E-state index in [1.54, 1.807) is 0 Å². The topological polar surface area (TPSA) is 29.1 Å². The van der Waals surface area contributed by atoms with Crippen LogP contribution < -0.4 is 15.9 Å². The van der Waals surface area contributed by atoms with Gasteiger partial charge in [0.15, 0.2) is 7.14 Å². The first-order chi connectivity index (χ1) is 10.8. The predicted octanol–water partition coefficient (Wildman–Crippen LogP) is 4.18. The van der Waals surface area contributed by atoms with E-state index in [2.05, 4.69) is 33.0 Å². The van der Waals surface area contributed by atoms with E-state index in [9.17, 15) is 4.57 Å². The summed E-state index contributed by atoms with van der Waals surface area (Å²) in [6, 6.07) is 19.9. The monoisotopic (exact) mass is 345 g/mol. The molecule has 0 amide bonds. The van der Waals surface area contributed by atoms with Crippen LogP contribution in [0.15, 0.2) is 60.7 Å². The standard InChI is InChI=1S/C19H24NOPS/c1-18(2)17(20-19(3,4)23-18)22(21,15-11-7-5-8-12-15)16-13-9-6-10-14-16/h5-14,17,20H,1-4H3/t17-/m0/s1. The molecule has 1 heterocycles. The first-order valence-electron chi connectivity index (χ1n) is 7.94. The second-order valence-electron chi connectivity index (χ2n) is 7.09. The van der Waals surface area contributed by atoms with Crippen molar-refractivity contribution in [3.63, 3.8) is 0 Å². The van der Waals surface area contributed by atoms with Crippen molar-refractivity contribution in [2.45, 2.75) is 43.1 Å². The summed E-state index contributed by atoms with van der Waals surface area (Å²) in [5, 5.41) is 5.51. The average molecular weight is 345 g/mol. The lowest BCUT2D eigenvalue weighted by Gasteiger charge is -2.33. The second kappa shape index (κ2) is 5.81. The second-order valence-corrected chi connectivity index (χ2v) is 12.2. The van der Waals surface area contributed by atoms with Crippen LogP contribution in [-0.2, 0) is 4.57 Å². The highest BCUT2D eigenvalue weighted by Crippen LogP contribution is 2.60. The molecule has 1 N–H and O–H groups in total. The summed E-state index contributed by atoms with van der Waals surface area (Å²) in [5.41, 5.74) is 0. The molecule has 0 aromatic heterocycles.